The molecule has 0 radical (unpaired) electrons. The molecule has 4 nitrogen and oxygen atoms in total. The summed E-state index contributed by atoms with van der Waals surface area (Å²) in [6.45, 7) is 11.4. The predicted octanol–water partition coefficient (Wildman–Crippen LogP) is 3.20. The van der Waals surface area contributed by atoms with Gasteiger partial charge in [0, 0.05) is 13.1 Å². The molecule has 0 spiro atoms. The molecule has 0 amide bonds. The van der Waals surface area contributed by atoms with Gasteiger partial charge in [0.05, 0.1) is 18.0 Å². The van der Waals surface area contributed by atoms with Gasteiger partial charge in [-0.05, 0) is 38.1 Å². The predicted molar refractivity (Wildman–Crippen MR) is 87.5 cm³/mol. The average Bonchev–Trinajstić information content (AvgIpc) is 2.46. The highest BCUT2D eigenvalue weighted by molar-refractivity contribution is 5.72. The third kappa shape index (κ3) is 5.29. The van der Waals surface area contributed by atoms with E-state index in [0.717, 1.165) is 44.0 Å². The largest absolute Gasteiger partial charge is 0.491 e. The van der Waals surface area contributed by atoms with Crippen LogP contribution in [0.15, 0.2) is 18.2 Å². The monoisotopic (exact) mass is 279 g/mol. The molecule has 1 rings (SSSR count). The minimum atomic E-state index is 0.702. The molecule has 0 heterocycles. The minimum Gasteiger partial charge on any atom is -0.491 e. The van der Waals surface area contributed by atoms with Crippen molar-refractivity contribution >= 4 is 11.4 Å². The molecular weight excluding hydrogens is 250 g/mol. The molecule has 1 aromatic carbocycles. The number of para-hydroxylation sites is 1. The number of hydrogen-bond acceptors (Lipinski definition) is 4. The van der Waals surface area contributed by atoms with E-state index in [1.807, 2.05) is 18.2 Å². The van der Waals surface area contributed by atoms with Gasteiger partial charge in [-0.15, -0.1) is 0 Å². The molecule has 0 aromatic heterocycles. The number of nitrogen functional groups attached to an aromatic ring is 1. The van der Waals surface area contributed by atoms with Crippen LogP contribution in [0.3, 0.4) is 0 Å². The van der Waals surface area contributed by atoms with Crippen LogP contribution in [-0.4, -0.2) is 37.7 Å². The summed E-state index contributed by atoms with van der Waals surface area (Å²) >= 11 is 0. The molecule has 4 heteroatoms. The summed E-state index contributed by atoms with van der Waals surface area (Å²) in [4.78, 5) is 2.43. The lowest BCUT2D eigenvalue weighted by Crippen LogP contribution is -2.29. The summed E-state index contributed by atoms with van der Waals surface area (Å²) in [6, 6.07) is 5.91. The van der Waals surface area contributed by atoms with Crippen LogP contribution in [0.4, 0.5) is 11.4 Å². The fourth-order valence-electron chi connectivity index (χ4n) is 2.13. The third-order valence-electron chi connectivity index (χ3n) is 3.26. The molecule has 0 saturated heterocycles. The van der Waals surface area contributed by atoms with E-state index in [4.69, 9.17) is 10.5 Å². The molecule has 114 valence electrons. The van der Waals surface area contributed by atoms with Gasteiger partial charge in [0.25, 0.3) is 0 Å². The fourth-order valence-corrected chi connectivity index (χ4v) is 2.13. The number of benzene rings is 1. The van der Waals surface area contributed by atoms with E-state index in [1.54, 1.807) is 0 Å². The zero-order valence-corrected chi connectivity index (χ0v) is 13.1. The van der Waals surface area contributed by atoms with Gasteiger partial charge in [0.2, 0.25) is 0 Å². The van der Waals surface area contributed by atoms with Crippen molar-refractivity contribution in [3.8, 4) is 5.75 Å². The van der Waals surface area contributed by atoms with E-state index >= 15 is 0 Å². The SMILES string of the molecule is CCCOc1cccc(NCCN(CC)CCC)c1N. The molecule has 1 aromatic rings. The number of rotatable bonds is 10. The van der Waals surface area contributed by atoms with Gasteiger partial charge in [0.1, 0.15) is 5.75 Å². The Morgan fingerprint density at radius 3 is 2.60 bits per heavy atom. The van der Waals surface area contributed by atoms with Crippen LogP contribution >= 0.6 is 0 Å². The minimum absolute atomic E-state index is 0.702. The maximum atomic E-state index is 6.13. The summed E-state index contributed by atoms with van der Waals surface area (Å²) in [5.41, 5.74) is 7.80. The van der Waals surface area contributed by atoms with Gasteiger partial charge in [-0.3, -0.25) is 0 Å². The first-order valence-electron chi connectivity index (χ1n) is 7.70. The van der Waals surface area contributed by atoms with E-state index in [0.29, 0.717) is 12.3 Å². The Bertz CT molecular complexity index is 382. The fraction of sp³-hybridized carbons (Fsp3) is 0.625. The second-order valence-corrected chi connectivity index (χ2v) is 4.93. The van der Waals surface area contributed by atoms with E-state index in [-0.39, 0.29) is 0 Å². The summed E-state index contributed by atoms with van der Waals surface area (Å²) in [5.74, 6) is 0.776. The van der Waals surface area contributed by atoms with Gasteiger partial charge in [0.15, 0.2) is 0 Å². The van der Waals surface area contributed by atoms with Crippen molar-refractivity contribution in [1.82, 2.24) is 4.90 Å². The smallest absolute Gasteiger partial charge is 0.144 e. The number of likely N-dealkylation sites (N-methyl/N-ethyl adjacent to an activating group) is 1. The summed E-state index contributed by atoms with van der Waals surface area (Å²) in [7, 11) is 0. The molecule has 3 N–H and O–H groups in total. The Morgan fingerprint density at radius 1 is 1.15 bits per heavy atom. The van der Waals surface area contributed by atoms with Gasteiger partial charge < -0.3 is 20.7 Å². The highest BCUT2D eigenvalue weighted by Crippen LogP contribution is 2.29. The van der Waals surface area contributed by atoms with E-state index in [1.165, 1.54) is 6.42 Å². The van der Waals surface area contributed by atoms with Crippen molar-refractivity contribution in [1.29, 1.82) is 0 Å². The lowest BCUT2D eigenvalue weighted by atomic mass is 10.2. The molecule has 0 unspecified atom stereocenters. The Hall–Kier alpha value is -1.42. The second-order valence-electron chi connectivity index (χ2n) is 4.93. The number of nitrogens with one attached hydrogen (secondary N) is 1. The molecule has 0 bridgehead atoms. The number of anilines is 2. The molecule has 0 aliphatic carbocycles. The summed E-state index contributed by atoms with van der Waals surface area (Å²) in [5, 5.41) is 3.41. The normalized spacial score (nSPS) is 10.8. The second kappa shape index (κ2) is 9.48. The Balaban J connectivity index is 2.51. The maximum absolute atomic E-state index is 6.13. The van der Waals surface area contributed by atoms with Crippen LogP contribution in [0.5, 0.6) is 5.75 Å². The van der Waals surface area contributed by atoms with E-state index in [9.17, 15) is 0 Å². The first kappa shape index (κ1) is 16.6. The number of nitrogens with two attached hydrogens (primary N) is 1. The topological polar surface area (TPSA) is 50.5 Å². The van der Waals surface area contributed by atoms with Crippen LogP contribution in [0.2, 0.25) is 0 Å². The Kier molecular flexibility index (Phi) is 7.88. The number of ether oxygens (including phenoxy) is 1. The molecule has 0 aliphatic rings. The molecule has 0 aliphatic heterocycles. The maximum Gasteiger partial charge on any atom is 0.144 e. The Morgan fingerprint density at radius 2 is 1.95 bits per heavy atom. The number of hydrogen-bond donors (Lipinski definition) is 2. The van der Waals surface area contributed by atoms with Crippen molar-refractivity contribution in [2.75, 3.05) is 43.8 Å². The van der Waals surface area contributed by atoms with Crippen LogP contribution < -0.4 is 15.8 Å². The molecule has 0 saturated carbocycles. The molecular formula is C16H29N3O. The van der Waals surface area contributed by atoms with Crippen molar-refractivity contribution in [2.24, 2.45) is 0 Å². The zero-order chi connectivity index (χ0) is 14.8. The quantitative estimate of drug-likeness (QED) is 0.646. The molecule has 0 atom stereocenters. The van der Waals surface area contributed by atoms with Crippen LogP contribution in [0, 0.1) is 0 Å². The molecule has 20 heavy (non-hydrogen) atoms. The average molecular weight is 279 g/mol. The first-order chi connectivity index (χ1) is 9.72. The van der Waals surface area contributed by atoms with E-state index in [2.05, 4.69) is 31.0 Å². The Labute approximate surface area is 123 Å². The van der Waals surface area contributed by atoms with Gasteiger partial charge in [-0.25, -0.2) is 0 Å². The lowest BCUT2D eigenvalue weighted by molar-refractivity contribution is 0.300. The number of nitrogens with zero attached hydrogens (tertiary/aromatic N) is 1. The molecule has 0 fully saturated rings. The summed E-state index contributed by atoms with van der Waals surface area (Å²) in [6.07, 6.45) is 2.18. The van der Waals surface area contributed by atoms with Crippen molar-refractivity contribution in [3.63, 3.8) is 0 Å². The highest BCUT2D eigenvalue weighted by atomic mass is 16.5. The van der Waals surface area contributed by atoms with Gasteiger partial charge >= 0.3 is 0 Å². The van der Waals surface area contributed by atoms with Crippen LogP contribution in [0.1, 0.15) is 33.6 Å². The van der Waals surface area contributed by atoms with Gasteiger partial charge in [-0.2, -0.15) is 0 Å². The first-order valence-corrected chi connectivity index (χ1v) is 7.70. The van der Waals surface area contributed by atoms with Crippen LogP contribution in [0.25, 0.3) is 0 Å². The lowest BCUT2D eigenvalue weighted by Gasteiger charge is -2.20. The summed E-state index contributed by atoms with van der Waals surface area (Å²) < 4.78 is 5.64. The zero-order valence-electron chi connectivity index (χ0n) is 13.1. The van der Waals surface area contributed by atoms with Crippen molar-refractivity contribution in [2.45, 2.75) is 33.6 Å². The standard InChI is InChI=1S/C16H29N3O/c1-4-11-19(6-3)12-10-18-14-8-7-9-15(16(14)17)20-13-5-2/h7-9,18H,4-6,10-13,17H2,1-3H3. The van der Waals surface area contributed by atoms with Gasteiger partial charge in [-0.1, -0.05) is 26.8 Å². The van der Waals surface area contributed by atoms with Crippen molar-refractivity contribution in [3.05, 3.63) is 18.2 Å². The van der Waals surface area contributed by atoms with E-state index < -0.39 is 0 Å². The third-order valence-corrected chi connectivity index (χ3v) is 3.26. The highest BCUT2D eigenvalue weighted by Gasteiger charge is 2.06. The van der Waals surface area contributed by atoms with Crippen LogP contribution in [-0.2, 0) is 0 Å². The van der Waals surface area contributed by atoms with Crippen molar-refractivity contribution < 1.29 is 4.74 Å².